The summed E-state index contributed by atoms with van der Waals surface area (Å²) in [5.74, 6) is 1.88. The van der Waals surface area contributed by atoms with Gasteiger partial charge in [-0.05, 0) is 173 Å². The zero-order valence-corrected chi connectivity index (χ0v) is 46.0. The lowest BCUT2D eigenvalue weighted by Gasteiger charge is -2.33. The number of nitrogens with two attached hydrogens (primary N) is 1. The Bertz CT molecular complexity index is 2720. The number of pyridine rings is 1. The Morgan fingerprint density at radius 2 is 1.69 bits per heavy atom. The molecule has 0 radical (unpaired) electrons. The van der Waals surface area contributed by atoms with Gasteiger partial charge in [0.15, 0.2) is 15.7 Å². The standard InChI is InChI=1S/C55H77ClN10O7S/c1-35(2)72-45-31-40(37(5)30-44(45)61-52-59-32-41(56)50(64-52)60-42-18-11-12-20-46(42)74(70,71)36(3)4)38-22-28-66(29-23-38)48(67)21-10-9-13-27-65-33-47(55(34-65)24-25-55)63-51(68)43(62-53(69)73-54(6,7)8)19-14-16-39-17-15-26-58-49(39)57/h11-12,15,17-18,20,26,30-32,35-36,38,43,47H,9-10,13-14,16,19,21-25,27-29,33-34H2,1-8H3,(H2,57,58)(H,62,69)(H,63,68)(H2,59,60,61,64)/t43-,47-/m0/s1. The van der Waals surface area contributed by atoms with Crippen LogP contribution in [-0.2, 0) is 30.6 Å². The number of anilines is 5. The number of nitrogens with one attached hydrogen (secondary N) is 4. The summed E-state index contributed by atoms with van der Waals surface area (Å²) in [6.45, 7) is 18.7. The van der Waals surface area contributed by atoms with Crippen molar-refractivity contribution in [3.8, 4) is 5.75 Å². The molecule has 3 aliphatic rings. The Morgan fingerprint density at radius 1 is 0.946 bits per heavy atom. The van der Waals surface area contributed by atoms with Gasteiger partial charge in [-0.2, -0.15) is 4.98 Å². The largest absolute Gasteiger partial charge is 0.489 e. The Labute approximate surface area is 442 Å². The number of rotatable bonds is 22. The molecule has 0 unspecified atom stereocenters. The highest BCUT2D eigenvalue weighted by molar-refractivity contribution is 7.92. The normalized spacial score (nSPS) is 17.3. The molecule has 19 heteroatoms. The smallest absolute Gasteiger partial charge is 0.408 e. The number of benzene rings is 2. The maximum absolute atomic E-state index is 13.8. The molecule has 1 saturated carbocycles. The number of sulfone groups is 1. The van der Waals surface area contributed by atoms with Gasteiger partial charge >= 0.3 is 6.09 Å². The van der Waals surface area contributed by atoms with Gasteiger partial charge in [0.2, 0.25) is 17.8 Å². The van der Waals surface area contributed by atoms with E-state index in [1.165, 1.54) is 11.8 Å². The number of piperidine rings is 1. The molecular weight excluding hydrogens is 980 g/mol. The van der Waals surface area contributed by atoms with Crippen LogP contribution in [0.1, 0.15) is 135 Å². The Hall–Kier alpha value is -5.72. The van der Waals surface area contributed by atoms with Gasteiger partial charge < -0.3 is 46.3 Å². The van der Waals surface area contributed by atoms with Crippen molar-refractivity contribution in [2.24, 2.45) is 5.41 Å². The highest BCUT2D eigenvalue weighted by atomic mass is 35.5. The molecule has 402 valence electrons. The zero-order chi connectivity index (χ0) is 53.4. The lowest BCUT2D eigenvalue weighted by molar-refractivity contribution is -0.132. The molecule has 17 nitrogen and oxygen atoms in total. The molecule has 1 spiro atoms. The first-order valence-corrected chi connectivity index (χ1v) is 28.2. The van der Waals surface area contributed by atoms with E-state index >= 15 is 0 Å². The maximum atomic E-state index is 13.8. The quantitative estimate of drug-likeness (QED) is 0.0463. The molecule has 74 heavy (non-hydrogen) atoms. The molecular formula is C55H77ClN10O7S. The van der Waals surface area contributed by atoms with E-state index in [1.54, 1.807) is 65.1 Å². The highest BCUT2D eigenvalue weighted by Gasteiger charge is 2.55. The summed E-state index contributed by atoms with van der Waals surface area (Å²) in [7, 11) is -3.59. The summed E-state index contributed by atoms with van der Waals surface area (Å²) < 4.78 is 38.1. The van der Waals surface area contributed by atoms with Crippen molar-refractivity contribution in [1.29, 1.82) is 0 Å². The number of hydrogen-bond acceptors (Lipinski definition) is 14. The fraction of sp³-hybridized carbons (Fsp3) is 0.564. The molecule has 6 N–H and O–H groups in total. The van der Waals surface area contributed by atoms with Crippen LogP contribution in [0.25, 0.3) is 0 Å². The number of unbranched alkanes of at least 4 members (excludes halogenated alkanes) is 2. The van der Waals surface area contributed by atoms with E-state index in [4.69, 9.17) is 26.8 Å². The van der Waals surface area contributed by atoms with Gasteiger partial charge in [0.1, 0.15) is 28.2 Å². The Balaban J connectivity index is 0.872. The van der Waals surface area contributed by atoms with Gasteiger partial charge in [-0.3, -0.25) is 9.59 Å². The SMILES string of the molecule is Cc1cc(Nc2ncc(Cl)c(Nc3ccccc3S(=O)(=O)C(C)C)n2)c(OC(C)C)cc1C1CCN(C(=O)CCCCCN2C[C@H](NC(=O)[C@H](CCCc3cccnc3N)NC(=O)OC(C)(C)C)C3(CC3)C2)CC1. The number of halogens is 1. The third kappa shape index (κ3) is 14.8. The van der Waals surface area contributed by atoms with Gasteiger partial charge in [-0.1, -0.05) is 36.2 Å². The van der Waals surface area contributed by atoms with Crippen LogP contribution in [0, 0.1) is 12.3 Å². The number of aromatic nitrogens is 3. The molecule has 4 aromatic rings. The van der Waals surface area contributed by atoms with Crippen molar-refractivity contribution in [2.75, 3.05) is 49.1 Å². The Kier molecular flexibility index (Phi) is 18.4. The molecule has 2 aliphatic heterocycles. The van der Waals surface area contributed by atoms with Gasteiger partial charge in [-0.25, -0.2) is 23.2 Å². The van der Waals surface area contributed by atoms with Gasteiger partial charge in [0.25, 0.3) is 0 Å². The number of para-hydroxylation sites is 1. The number of carbonyl (C=O) groups is 3. The summed E-state index contributed by atoms with van der Waals surface area (Å²) >= 11 is 6.54. The van der Waals surface area contributed by atoms with Crippen LogP contribution in [0.15, 0.2) is 65.8 Å². The number of carbonyl (C=O) groups excluding carboxylic acids is 3. The minimum atomic E-state index is -3.59. The number of alkyl carbamates (subject to hydrolysis) is 1. The minimum absolute atomic E-state index is 0.000935. The number of nitrogens with zero attached hydrogens (tertiary/aromatic N) is 5. The van der Waals surface area contributed by atoms with Crippen LogP contribution in [0.3, 0.4) is 0 Å². The van der Waals surface area contributed by atoms with Gasteiger partial charge in [0, 0.05) is 50.3 Å². The average molecular weight is 1060 g/mol. The number of hydrogen-bond donors (Lipinski definition) is 5. The third-order valence-corrected chi connectivity index (χ3v) is 16.7. The first-order valence-electron chi connectivity index (χ1n) is 26.3. The molecule has 7 rings (SSSR count). The van der Waals surface area contributed by atoms with E-state index < -0.39 is 32.8 Å². The first kappa shape index (κ1) is 56.0. The molecule has 0 bridgehead atoms. The zero-order valence-electron chi connectivity index (χ0n) is 44.4. The monoisotopic (exact) mass is 1060 g/mol. The van der Waals surface area contributed by atoms with E-state index in [1.807, 2.05) is 36.9 Å². The number of ether oxygens (including phenoxy) is 2. The summed E-state index contributed by atoms with van der Waals surface area (Å²) in [5, 5.41) is 12.2. The maximum Gasteiger partial charge on any atom is 0.408 e. The van der Waals surface area contributed by atoms with Gasteiger partial charge in [0.05, 0.1) is 33.8 Å². The Morgan fingerprint density at radius 3 is 2.38 bits per heavy atom. The highest BCUT2D eigenvalue weighted by Crippen LogP contribution is 2.53. The molecule has 3 fully saturated rings. The summed E-state index contributed by atoms with van der Waals surface area (Å²) in [6.07, 6.45) is 11.2. The predicted octanol–water partition coefficient (Wildman–Crippen LogP) is 9.64. The third-order valence-electron chi connectivity index (χ3n) is 14.2. The van der Waals surface area contributed by atoms with E-state index in [9.17, 15) is 22.8 Å². The fourth-order valence-electron chi connectivity index (χ4n) is 10.1. The fourth-order valence-corrected chi connectivity index (χ4v) is 11.4. The van der Waals surface area contributed by atoms with Crippen molar-refractivity contribution < 1.29 is 32.3 Å². The summed E-state index contributed by atoms with van der Waals surface area (Å²) in [4.78, 5) is 58.0. The number of amides is 3. The predicted molar refractivity (Wildman–Crippen MR) is 291 cm³/mol. The van der Waals surface area contributed by atoms with Crippen LogP contribution in [0.5, 0.6) is 5.75 Å². The van der Waals surface area contributed by atoms with Crippen molar-refractivity contribution in [3.05, 3.63) is 82.6 Å². The lowest BCUT2D eigenvalue weighted by atomic mass is 9.86. The molecule has 2 atom stereocenters. The van der Waals surface area contributed by atoms with Crippen LogP contribution < -0.4 is 31.7 Å². The van der Waals surface area contributed by atoms with Crippen molar-refractivity contribution >= 4 is 68.3 Å². The number of nitrogen functional groups attached to an aromatic ring is 1. The number of aryl methyl sites for hydroxylation is 2. The second-order valence-electron chi connectivity index (χ2n) is 21.9. The summed E-state index contributed by atoms with van der Waals surface area (Å²) in [5.41, 5.74) is 9.64. The van der Waals surface area contributed by atoms with E-state index in [0.29, 0.717) is 61.7 Å². The summed E-state index contributed by atoms with van der Waals surface area (Å²) in [6, 6.07) is 13.8. The number of likely N-dealkylation sites (tertiary alicyclic amines) is 2. The van der Waals surface area contributed by atoms with Crippen molar-refractivity contribution in [3.63, 3.8) is 0 Å². The second-order valence-corrected chi connectivity index (χ2v) is 24.7. The van der Waals surface area contributed by atoms with Crippen LogP contribution in [-0.4, -0.2) is 113 Å². The average Bonchev–Trinajstić information content (AvgIpc) is 4.04. The topological polar surface area (TPSA) is 223 Å². The van der Waals surface area contributed by atoms with E-state index in [2.05, 4.69) is 54.1 Å². The lowest BCUT2D eigenvalue weighted by Crippen LogP contribution is -2.52. The minimum Gasteiger partial charge on any atom is -0.489 e. The van der Waals surface area contributed by atoms with Gasteiger partial charge in [-0.15, -0.1) is 0 Å². The second kappa shape index (κ2) is 24.3. The van der Waals surface area contributed by atoms with E-state index in [-0.39, 0.29) is 57.0 Å². The molecule has 4 heterocycles. The molecule has 2 aromatic heterocycles. The molecule has 3 amide bonds. The van der Waals surface area contributed by atoms with E-state index in [0.717, 1.165) is 75.7 Å². The van der Waals surface area contributed by atoms with Crippen LogP contribution in [0.4, 0.5) is 33.8 Å². The van der Waals surface area contributed by atoms with Crippen LogP contribution >= 0.6 is 11.6 Å². The molecule has 2 aromatic carbocycles. The van der Waals surface area contributed by atoms with Crippen LogP contribution in [0.2, 0.25) is 5.02 Å². The van der Waals surface area contributed by atoms with Crippen molar-refractivity contribution in [1.82, 2.24) is 35.4 Å². The molecule has 2 saturated heterocycles. The van der Waals surface area contributed by atoms with Crippen molar-refractivity contribution in [2.45, 2.75) is 166 Å². The molecule has 1 aliphatic carbocycles. The first-order chi connectivity index (χ1) is 35.1.